The van der Waals surface area contributed by atoms with Crippen molar-refractivity contribution in [1.29, 1.82) is 0 Å². The molecule has 0 spiro atoms. The number of carbonyl (C=O) groups excluding carboxylic acids is 1. The Hall–Kier alpha value is -1.22. The Morgan fingerprint density at radius 3 is 3.06 bits per heavy atom. The van der Waals surface area contributed by atoms with Gasteiger partial charge in [-0.15, -0.1) is 0 Å². The molecule has 2 nitrogen and oxygen atoms in total. The van der Waals surface area contributed by atoms with Gasteiger partial charge in [0.25, 0.3) is 0 Å². The zero-order valence-electron chi connectivity index (χ0n) is 9.42. The fourth-order valence-corrected chi connectivity index (χ4v) is 2.16. The van der Waals surface area contributed by atoms with E-state index < -0.39 is 0 Å². The van der Waals surface area contributed by atoms with Crippen molar-refractivity contribution >= 4 is 5.78 Å². The monoisotopic (exact) mass is 221 g/mol. The van der Waals surface area contributed by atoms with Crippen LogP contribution < -0.4 is 5.32 Å². The number of rotatable bonds is 3. The van der Waals surface area contributed by atoms with E-state index in [9.17, 15) is 9.18 Å². The third-order valence-corrected chi connectivity index (χ3v) is 3.14. The van der Waals surface area contributed by atoms with Crippen molar-refractivity contribution in [2.45, 2.75) is 19.8 Å². The molecule has 0 radical (unpaired) electrons. The van der Waals surface area contributed by atoms with Crippen molar-refractivity contribution in [2.75, 3.05) is 13.1 Å². The number of hydrogen-bond acceptors (Lipinski definition) is 2. The van der Waals surface area contributed by atoms with Gasteiger partial charge < -0.3 is 5.32 Å². The van der Waals surface area contributed by atoms with Gasteiger partial charge >= 0.3 is 0 Å². The highest BCUT2D eigenvalue weighted by Crippen LogP contribution is 2.18. The van der Waals surface area contributed by atoms with Gasteiger partial charge in [0.05, 0.1) is 0 Å². The minimum atomic E-state index is -0.335. The van der Waals surface area contributed by atoms with E-state index in [1.165, 1.54) is 12.1 Å². The number of Topliss-reactive ketones (excluding diaryl/α,β-unsaturated/α-hetero) is 1. The summed E-state index contributed by atoms with van der Waals surface area (Å²) in [6, 6.07) is 4.40. The fraction of sp³-hybridized carbons (Fsp3) is 0.462. The molecule has 1 aromatic carbocycles. The topological polar surface area (TPSA) is 29.1 Å². The Morgan fingerprint density at radius 1 is 1.56 bits per heavy atom. The summed E-state index contributed by atoms with van der Waals surface area (Å²) >= 11 is 0. The third-order valence-electron chi connectivity index (χ3n) is 3.14. The third kappa shape index (κ3) is 2.47. The molecule has 1 saturated heterocycles. The van der Waals surface area contributed by atoms with Crippen LogP contribution in [0.2, 0.25) is 0 Å². The van der Waals surface area contributed by atoms with Gasteiger partial charge in [-0.1, -0.05) is 6.07 Å². The lowest BCUT2D eigenvalue weighted by molar-refractivity contribution is 0.0963. The Kier molecular flexibility index (Phi) is 3.34. The maximum Gasteiger partial charge on any atom is 0.163 e. The SMILES string of the molecule is Cc1ccc(F)cc1C(=O)CC1CCNC1. The summed E-state index contributed by atoms with van der Waals surface area (Å²) in [7, 11) is 0. The molecule has 0 amide bonds. The van der Waals surface area contributed by atoms with Gasteiger partial charge in [0.2, 0.25) is 0 Å². The van der Waals surface area contributed by atoms with Crippen molar-refractivity contribution in [3.8, 4) is 0 Å². The molecular formula is C13H16FNO. The highest BCUT2D eigenvalue weighted by Gasteiger charge is 2.20. The molecule has 1 atom stereocenters. The molecule has 1 heterocycles. The summed E-state index contributed by atoms with van der Waals surface area (Å²) in [5.74, 6) is 0.138. The van der Waals surface area contributed by atoms with E-state index in [1.54, 1.807) is 6.07 Å². The van der Waals surface area contributed by atoms with Crippen LogP contribution in [0.4, 0.5) is 4.39 Å². The second-order valence-electron chi connectivity index (χ2n) is 4.45. The predicted octanol–water partition coefficient (Wildman–Crippen LogP) is 2.32. The summed E-state index contributed by atoms with van der Waals surface area (Å²) in [4.78, 5) is 12.0. The molecule has 0 bridgehead atoms. The smallest absolute Gasteiger partial charge is 0.163 e. The Morgan fingerprint density at radius 2 is 2.38 bits per heavy atom. The summed E-state index contributed by atoms with van der Waals surface area (Å²) in [6.45, 7) is 3.74. The van der Waals surface area contributed by atoms with Crippen LogP contribution in [0, 0.1) is 18.7 Å². The zero-order chi connectivity index (χ0) is 11.5. The number of benzene rings is 1. The average Bonchev–Trinajstić information content (AvgIpc) is 2.74. The van der Waals surface area contributed by atoms with E-state index in [2.05, 4.69) is 5.32 Å². The van der Waals surface area contributed by atoms with E-state index >= 15 is 0 Å². The first-order valence-corrected chi connectivity index (χ1v) is 5.67. The molecule has 1 aliphatic heterocycles. The van der Waals surface area contributed by atoms with E-state index in [1.807, 2.05) is 6.92 Å². The van der Waals surface area contributed by atoms with Crippen LogP contribution in [-0.4, -0.2) is 18.9 Å². The van der Waals surface area contributed by atoms with Crippen molar-refractivity contribution in [2.24, 2.45) is 5.92 Å². The van der Waals surface area contributed by atoms with Crippen molar-refractivity contribution in [3.63, 3.8) is 0 Å². The molecule has 16 heavy (non-hydrogen) atoms. The maximum absolute atomic E-state index is 13.1. The molecule has 0 saturated carbocycles. The first kappa shape index (κ1) is 11.3. The van der Waals surface area contributed by atoms with Crippen molar-refractivity contribution in [1.82, 2.24) is 5.32 Å². The second kappa shape index (κ2) is 4.74. The number of halogens is 1. The van der Waals surface area contributed by atoms with Crippen LogP contribution in [0.25, 0.3) is 0 Å². The molecule has 0 aromatic heterocycles. The van der Waals surface area contributed by atoms with Crippen LogP contribution in [0.3, 0.4) is 0 Å². The molecule has 1 aliphatic rings. The molecule has 0 aliphatic carbocycles. The Bertz CT molecular complexity index is 397. The number of ketones is 1. The summed E-state index contributed by atoms with van der Waals surface area (Å²) in [5.41, 5.74) is 1.39. The standard InChI is InChI=1S/C13H16FNO/c1-9-2-3-11(14)7-12(9)13(16)6-10-4-5-15-8-10/h2-3,7,10,15H,4-6,8H2,1H3. The molecule has 2 rings (SSSR count). The molecule has 86 valence electrons. The van der Waals surface area contributed by atoms with Crippen LogP contribution >= 0.6 is 0 Å². The first-order chi connectivity index (χ1) is 7.66. The normalized spacial score (nSPS) is 20.0. The number of aryl methyl sites for hydroxylation is 1. The number of carbonyl (C=O) groups is 1. The van der Waals surface area contributed by atoms with Gasteiger partial charge in [-0.25, -0.2) is 4.39 Å². The van der Waals surface area contributed by atoms with Crippen LogP contribution in [0.5, 0.6) is 0 Å². The lowest BCUT2D eigenvalue weighted by Gasteiger charge is -2.09. The molecule has 3 heteroatoms. The Balaban J connectivity index is 2.10. The average molecular weight is 221 g/mol. The lowest BCUT2D eigenvalue weighted by atomic mass is 9.95. The summed E-state index contributed by atoms with van der Waals surface area (Å²) in [5, 5.41) is 3.23. The van der Waals surface area contributed by atoms with Gasteiger partial charge in [0.1, 0.15) is 5.82 Å². The van der Waals surface area contributed by atoms with Crippen LogP contribution in [0.15, 0.2) is 18.2 Å². The van der Waals surface area contributed by atoms with Crippen LogP contribution in [0.1, 0.15) is 28.8 Å². The first-order valence-electron chi connectivity index (χ1n) is 5.67. The highest BCUT2D eigenvalue weighted by molar-refractivity contribution is 5.97. The minimum absolute atomic E-state index is 0.0608. The van der Waals surface area contributed by atoms with Crippen molar-refractivity contribution in [3.05, 3.63) is 35.1 Å². The van der Waals surface area contributed by atoms with Gasteiger partial charge in [-0.05, 0) is 50.0 Å². The van der Waals surface area contributed by atoms with Gasteiger partial charge in [-0.2, -0.15) is 0 Å². The molecule has 1 fully saturated rings. The van der Waals surface area contributed by atoms with Crippen molar-refractivity contribution < 1.29 is 9.18 Å². The molecule has 1 unspecified atom stereocenters. The van der Waals surface area contributed by atoms with Crippen LogP contribution in [-0.2, 0) is 0 Å². The lowest BCUT2D eigenvalue weighted by Crippen LogP contribution is -2.13. The predicted molar refractivity (Wildman–Crippen MR) is 61.1 cm³/mol. The largest absolute Gasteiger partial charge is 0.316 e. The quantitative estimate of drug-likeness (QED) is 0.794. The van der Waals surface area contributed by atoms with E-state index in [-0.39, 0.29) is 11.6 Å². The Labute approximate surface area is 94.9 Å². The second-order valence-corrected chi connectivity index (χ2v) is 4.45. The minimum Gasteiger partial charge on any atom is -0.316 e. The van der Waals surface area contributed by atoms with E-state index in [0.717, 1.165) is 25.1 Å². The molecule has 1 aromatic rings. The van der Waals surface area contributed by atoms with Gasteiger partial charge in [-0.3, -0.25) is 4.79 Å². The number of hydrogen-bond donors (Lipinski definition) is 1. The van der Waals surface area contributed by atoms with Gasteiger partial charge in [0.15, 0.2) is 5.78 Å². The molecular weight excluding hydrogens is 205 g/mol. The summed E-state index contributed by atoms with van der Waals surface area (Å²) < 4.78 is 13.1. The zero-order valence-corrected chi connectivity index (χ0v) is 9.42. The maximum atomic E-state index is 13.1. The summed E-state index contributed by atoms with van der Waals surface area (Å²) in [6.07, 6.45) is 1.57. The molecule has 1 N–H and O–H groups in total. The van der Waals surface area contributed by atoms with Gasteiger partial charge in [0, 0.05) is 12.0 Å². The highest BCUT2D eigenvalue weighted by atomic mass is 19.1. The number of nitrogens with one attached hydrogen (secondary N) is 1. The van der Waals surface area contributed by atoms with E-state index in [0.29, 0.717) is 17.9 Å². The fourth-order valence-electron chi connectivity index (χ4n) is 2.16. The van der Waals surface area contributed by atoms with E-state index in [4.69, 9.17) is 0 Å².